The van der Waals surface area contributed by atoms with Crippen molar-refractivity contribution < 1.29 is 0 Å². The predicted octanol–water partition coefficient (Wildman–Crippen LogP) is 0.548. The first-order chi connectivity index (χ1) is 4.79. The van der Waals surface area contributed by atoms with Gasteiger partial charge in [0.1, 0.15) is 0 Å². The second-order valence-electron chi connectivity index (χ2n) is 3.43. The molecule has 1 atom stereocenters. The molecule has 2 heteroatoms. The lowest BCUT2D eigenvalue weighted by Crippen LogP contribution is -2.36. The zero-order valence-electron chi connectivity index (χ0n) is 7.06. The van der Waals surface area contributed by atoms with Crippen LogP contribution in [0.15, 0.2) is 0 Å². The molecular weight excluding hydrogens is 124 g/mol. The van der Waals surface area contributed by atoms with Crippen LogP contribution in [0.25, 0.3) is 0 Å². The molecule has 2 nitrogen and oxygen atoms in total. The summed E-state index contributed by atoms with van der Waals surface area (Å²) in [5.74, 6) is 0.810. The largest absolute Gasteiger partial charge is 0.316 e. The average Bonchev–Trinajstić information content (AvgIpc) is 1.83. The number of nitrogens with zero attached hydrogens (tertiary/aromatic N) is 1. The first-order valence-corrected chi connectivity index (χ1v) is 4.18. The van der Waals surface area contributed by atoms with E-state index in [1.807, 2.05) is 0 Å². The van der Waals surface area contributed by atoms with Crippen LogP contribution in [0.1, 0.15) is 13.3 Å². The minimum Gasteiger partial charge on any atom is -0.316 e. The summed E-state index contributed by atoms with van der Waals surface area (Å²) < 4.78 is 0. The maximum Gasteiger partial charge on any atom is 0.00161 e. The minimum absolute atomic E-state index is 0.810. The van der Waals surface area contributed by atoms with Crippen molar-refractivity contribution in [3.05, 3.63) is 0 Å². The molecule has 0 aromatic carbocycles. The Balaban J connectivity index is 2.25. The van der Waals surface area contributed by atoms with E-state index in [-0.39, 0.29) is 0 Å². The van der Waals surface area contributed by atoms with Gasteiger partial charge >= 0.3 is 0 Å². The van der Waals surface area contributed by atoms with Crippen LogP contribution in [-0.2, 0) is 0 Å². The van der Waals surface area contributed by atoms with Crippen molar-refractivity contribution >= 4 is 0 Å². The highest BCUT2D eigenvalue weighted by atomic mass is 15.1. The smallest absolute Gasteiger partial charge is 0.00161 e. The number of rotatable bonds is 0. The lowest BCUT2D eigenvalue weighted by molar-refractivity contribution is 0.258. The minimum atomic E-state index is 0.810. The molecule has 1 N–H and O–H groups in total. The van der Waals surface area contributed by atoms with E-state index in [1.54, 1.807) is 0 Å². The number of hydrogen-bond donors (Lipinski definition) is 1. The van der Waals surface area contributed by atoms with Gasteiger partial charge < -0.3 is 10.2 Å². The summed E-state index contributed by atoms with van der Waals surface area (Å²) in [7, 11) is 2.21. The molecule has 10 heavy (non-hydrogen) atoms. The fourth-order valence-electron chi connectivity index (χ4n) is 1.51. The second-order valence-corrected chi connectivity index (χ2v) is 3.43. The van der Waals surface area contributed by atoms with Crippen LogP contribution in [0.3, 0.4) is 0 Å². The highest BCUT2D eigenvalue weighted by Crippen LogP contribution is 1.99. The van der Waals surface area contributed by atoms with Crippen LogP contribution in [0, 0.1) is 5.92 Å². The standard InChI is InChI=1S/C8H18N2/c1-8-6-9-4-3-5-10(2)7-8/h8-9H,3-7H2,1-2H3. The Labute approximate surface area is 63.6 Å². The topological polar surface area (TPSA) is 15.3 Å². The van der Waals surface area contributed by atoms with Crippen molar-refractivity contribution in [2.45, 2.75) is 13.3 Å². The zero-order valence-corrected chi connectivity index (χ0v) is 7.06. The van der Waals surface area contributed by atoms with Gasteiger partial charge in [0, 0.05) is 6.54 Å². The van der Waals surface area contributed by atoms with Gasteiger partial charge in [-0.3, -0.25) is 0 Å². The van der Waals surface area contributed by atoms with Gasteiger partial charge in [0.05, 0.1) is 0 Å². The number of nitrogens with one attached hydrogen (secondary N) is 1. The quantitative estimate of drug-likeness (QED) is 0.531. The second kappa shape index (κ2) is 3.94. The molecule has 0 aromatic heterocycles. The molecule has 1 aliphatic heterocycles. The first-order valence-electron chi connectivity index (χ1n) is 4.18. The van der Waals surface area contributed by atoms with Gasteiger partial charge in [0.25, 0.3) is 0 Å². The molecule has 1 heterocycles. The van der Waals surface area contributed by atoms with Gasteiger partial charge in [0.2, 0.25) is 0 Å². The Bertz CT molecular complexity index is 83.3. The molecule has 0 aliphatic carbocycles. The van der Waals surface area contributed by atoms with E-state index in [9.17, 15) is 0 Å². The molecule has 0 radical (unpaired) electrons. The zero-order chi connectivity index (χ0) is 7.40. The molecule has 1 rings (SSSR count). The fourth-order valence-corrected chi connectivity index (χ4v) is 1.51. The van der Waals surface area contributed by atoms with Crippen LogP contribution in [0.4, 0.5) is 0 Å². The summed E-state index contributed by atoms with van der Waals surface area (Å²) in [6.07, 6.45) is 1.29. The summed E-state index contributed by atoms with van der Waals surface area (Å²) in [5, 5.41) is 3.43. The van der Waals surface area contributed by atoms with Gasteiger partial charge in [-0.2, -0.15) is 0 Å². The van der Waals surface area contributed by atoms with Crippen molar-refractivity contribution in [1.82, 2.24) is 10.2 Å². The van der Waals surface area contributed by atoms with Gasteiger partial charge in [-0.1, -0.05) is 6.92 Å². The molecule has 0 amide bonds. The SMILES string of the molecule is CC1CNCCCN(C)C1. The van der Waals surface area contributed by atoms with E-state index in [0.29, 0.717) is 0 Å². The Kier molecular flexibility index (Phi) is 3.16. The molecule has 1 fully saturated rings. The van der Waals surface area contributed by atoms with Crippen LogP contribution in [-0.4, -0.2) is 38.1 Å². The van der Waals surface area contributed by atoms with Gasteiger partial charge in [-0.05, 0) is 39.0 Å². The molecule has 1 unspecified atom stereocenters. The van der Waals surface area contributed by atoms with Crippen molar-refractivity contribution in [2.24, 2.45) is 5.92 Å². The summed E-state index contributed by atoms with van der Waals surface area (Å²) in [4.78, 5) is 2.42. The van der Waals surface area contributed by atoms with E-state index in [1.165, 1.54) is 32.6 Å². The first kappa shape index (κ1) is 8.02. The molecule has 0 spiro atoms. The lowest BCUT2D eigenvalue weighted by atomic mass is 10.1. The lowest BCUT2D eigenvalue weighted by Gasteiger charge is -2.24. The maximum atomic E-state index is 3.43. The highest BCUT2D eigenvalue weighted by Gasteiger charge is 2.08. The van der Waals surface area contributed by atoms with E-state index >= 15 is 0 Å². The van der Waals surface area contributed by atoms with E-state index in [0.717, 1.165) is 5.92 Å². The predicted molar refractivity (Wildman–Crippen MR) is 44.1 cm³/mol. The maximum absolute atomic E-state index is 3.43. The normalized spacial score (nSPS) is 31.2. The van der Waals surface area contributed by atoms with Crippen molar-refractivity contribution in [1.29, 1.82) is 0 Å². The third kappa shape index (κ3) is 2.67. The fraction of sp³-hybridized carbons (Fsp3) is 1.00. The Morgan fingerprint density at radius 1 is 1.50 bits per heavy atom. The van der Waals surface area contributed by atoms with Crippen LogP contribution >= 0.6 is 0 Å². The summed E-state index contributed by atoms with van der Waals surface area (Å²) in [6.45, 7) is 7.16. The van der Waals surface area contributed by atoms with E-state index < -0.39 is 0 Å². The van der Waals surface area contributed by atoms with Crippen molar-refractivity contribution in [2.75, 3.05) is 33.2 Å². The molecule has 1 aliphatic rings. The highest BCUT2D eigenvalue weighted by molar-refractivity contribution is 4.65. The Hall–Kier alpha value is -0.0800. The van der Waals surface area contributed by atoms with Gasteiger partial charge in [-0.25, -0.2) is 0 Å². The van der Waals surface area contributed by atoms with Crippen LogP contribution in [0.2, 0.25) is 0 Å². The van der Waals surface area contributed by atoms with Gasteiger partial charge in [0.15, 0.2) is 0 Å². The molecule has 0 bridgehead atoms. The molecule has 0 saturated carbocycles. The summed E-state index contributed by atoms with van der Waals surface area (Å²) in [6, 6.07) is 0. The molecule has 1 saturated heterocycles. The monoisotopic (exact) mass is 142 g/mol. The molecular formula is C8H18N2. The Morgan fingerprint density at radius 3 is 3.10 bits per heavy atom. The van der Waals surface area contributed by atoms with E-state index in [4.69, 9.17) is 0 Å². The third-order valence-electron chi connectivity index (χ3n) is 2.01. The van der Waals surface area contributed by atoms with Gasteiger partial charge in [-0.15, -0.1) is 0 Å². The third-order valence-corrected chi connectivity index (χ3v) is 2.01. The summed E-state index contributed by atoms with van der Waals surface area (Å²) >= 11 is 0. The molecule has 0 aromatic rings. The van der Waals surface area contributed by atoms with E-state index in [2.05, 4.69) is 24.2 Å². The number of hydrogen-bond acceptors (Lipinski definition) is 2. The molecule has 60 valence electrons. The Morgan fingerprint density at radius 2 is 2.30 bits per heavy atom. The van der Waals surface area contributed by atoms with Crippen LogP contribution < -0.4 is 5.32 Å². The van der Waals surface area contributed by atoms with Crippen LogP contribution in [0.5, 0.6) is 0 Å². The summed E-state index contributed by atoms with van der Waals surface area (Å²) in [5.41, 5.74) is 0. The average molecular weight is 142 g/mol. The van der Waals surface area contributed by atoms with Crippen molar-refractivity contribution in [3.63, 3.8) is 0 Å². The van der Waals surface area contributed by atoms with Crippen molar-refractivity contribution in [3.8, 4) is 0 Å².